The first-order valence-corrected chi connectivity index (χ1v) is 5.89. The summed E-state index contributed by atoms with van der Waals surface area (Å²) in [7, 11) is 0. The Bertz CT molecular complexity index is 257. The number of thiazole rings is 1. The maximum atomic E-state index is 5.93. The molecule has 1 fully saturated rings. The van der Waals surface area contributed by atoms with Crippen molar-refractivity contribution in [2.24, 2.45) is 0 Å². The molecule has 1 aliphatic heterocycles. The summed E-state index contributed by atoms with van der Waals surface area (Å²) in [6, 6.07) is 0. The van der Waals surface area contributed by atoms with Gasteiger partial charge in [0.2, 0.25) is 0 Å². The summed E-state index contributed by atoms with van der Waals surface area (Å²) in [6.45, 7) is 0.844. The van der Waals surface area contributed by atoms with Gasteiger partial charge in [-0.1, -0.05) is 0 Å². The lowest BCUT2D eigenvalue weighted by Crippen LogP contribution is -2.32. The van der Waals surface area contributed by atoms with Crippen LogP contribution in [0.4, 0.5) is 0 Å². The topological polar surface area (TPSA) is 22.1 Å². The zero-order chi connectivity index (χ0) is 9.15. The van der Waals surface area contributed by atoms with E-state index in [9.17, 15) is 0 Å². The molecule has 0 saturated carbocycles. The molecule has 1 unspecified atom stereocenters. The van der Waals surface area contributed by atoms with Crippen molar-refractivity contribution in [3.05, 3.63) is 16.6 Å². The van der Waals surface area contributed by atoms with E-state index in [2.05, 4.69) is 10.4 Å². The van der Waals surface area contributed by atoms with Gasteiger partial charge in [-0.25, -0.2) is 4.98 Å². The average Bonchev–Trinajstić information content (AvgIpc) is 2.77. The minimum absolute atomic E-state index is 0.129. The third-order valence-electron chi connectivity index (χ3n) is 2.42. The molecule has 13 heavy (non-hydrogen) atoms. The molecule has 4 heteroatoms. The van der Waals surface area contributed by atoms with Crippen LogP contribution in [0.5, 0.6) is 0 Å². The van der Waals surface area contributed by atoms with Gasteiger partial charge < -0.3 is 4.74 Å². The van der Waals surface area contributed by atoms with Crippen molar-refractivity contribution >= 4 is 22.9 Å². The van der Waals surface area contributed by atoms with Gasteiger partial charge in [-0.15, -0.1) is 22.9 Å². The van der Waals surface area contributed by atoms with Crippen LogP contribution >= 0.6 is 22.9 Å². The molecule has 0 aliphatic carbocycles. The molecule has 1 aliphatic rings. The maximum Gasteiger partial charge on any atom is 0.0873 e. The van der Waals surface area contributed by atoms with Crippen LogP contribution in [0, 0.1) is 0 Å². The van der Waals surface area contributed by atoms with E-state index >= 15 is 0 Å². The van der Waals surface area contributed by atoms with E-state index in [1.807, 2.05) is 5.51 Å². The summed E-state index contributed by atoms with van der Waals surface area (Å²) in [5, 5.41) is 2.07. The molecule has 2 rings (SSSR count). The average molecular weight is 218 g/mol. The first kappa shape index (κ1) is 9.44. The predicted octanol–water partition coefficient (Wildman–Crippen LogP) is 2.47. The highest BCUT2D eigenvalue weighted by Gasteiger charge is 2.34. The number of alkyl halides is 1. The summed E-state index contributed by atoms with van der Waals surface area (Å²) in [5.41, 5.74) is 2.83. The number of halogens is 1. The van der Waals surface area contributed by atoms with Gasteiger partial charge >= 0.3 is 0 Å². The van der Waals surface area contributed by atoms with Gasteiger partial charge in [-0.05, 0) is 12.8 Å². The van der Waals surface area contributed by atoms with Crippen molar-refractivity contribution in [1.82, 2.24) is 4.98 Å². The van der Waals surface area contributed by atoms with Crippen LogP contribution in [0.3, 0.4) is 0 Å². The van der Waals surface area contributed by atoms with Crippen molar-refractivity contribution < 1.29 is 4.74 Å². The molecule has 72 valence electrons. The fourth-order valence-electron chi connectivity index (χ4n) is 1.70. The Morgan fingerprint density at radius 1 is 1.69 bits per heavy atom. The van der Waals surface area contributed by atoms with Crippen LogP contribution in [0.2, 0.25) is 0 Å². The fourth-order valence-corrected chi connectivity index (χ4v) is 2.57. The lowest BCUT2D eigenvalue weighted by molar-refractivity contribution is 0.0231. The Balaban J connectivity index is 2.06. The van der Waals surface area contributed by atoms with Crippen molar-refractivity contribution in [3.8, 4) is 0 Å². The molecule has 0 spiro atoms. The number of nitrogens with zero attached hydrogens (tertiary/aromatic N) is 1. The molecule has 1 atom stereocenters. The molecule has 1 saturated heterocycles. The Kier molecular flexibility index (Phi) is 2.86. The van der Waals surface area contributed by atoms with Gasteiger partial charge in [0.15, 0.2) is 0 Å². The normalized spacial score (nSPS) is 28.1. The highest BCUT2D eigenvalue weighted by molar-refractivity contribution is 7.07. The third-order valence-corrected chi connectivity index (χ3v) is 3.54. The van der Waals surface area contributed by atoms with Gasteiger partial charge in [0, 0.05) is 18.4 Å². The molecule has 0 amide bonds. The predicted molar refractivity (Wildman–Crippen MR) is 54.5 cm³/mol. The monoisotopic (exact) mass is 217 g/mol. The maximum absolute atomic E-state index is 5.93. The van der Waals surface area contributed by atoms with Crippen LogP contribution in [0.25, 0.3) is 0 Å². The first-order chi connectivity index (χ1) is 6.35. The second-order valence-electron chi connectivity index (χ2n) is 3.43. The van der Waals surface area contributed by atoms with Gasteiger partial charge in [0.25, 0.3) is 0 Å². The number of hydrogen-bond donors (Lipinski definition) is 0. The Morgan fingerprint density at radius 3 is 3.15 bits per heavy atom. The SMILES string of the molecule is ClCC1(Cc2cscn2)CCCO1. The van der Waals surface area contributed by atoms with E-state index in [1.165, 1.54) is 0 Å². The van der Waals surface area contributed by atoms with Gasteiger partial charge in [0.1, 0.15) is 0 Å². The smallest absolute Gasteiger partial charge is 0.0873 e. The molecular formula is C9H12ClNOS. The zero-order valence-corrected chi connectivity index (χ0v) is 8.90. The Morgan fingerprint density at radius 2 is 2.62 bits per heavy atom. The second kappa shape index (κ2) is 3.95. The van der Waals surface area contributed by atoms with Crippen LogP contribution in [0.1, 0.15) is 18.5 Å². The largest absolute Gasteiger partial charge is 0.373 e. The van der Waals surface area contributed by atoms with Gasteiger partial charge in [-0.2, -0.15) is 0 Å². The molecule has 1 aromatic rings. The highest BCUT2D eigenvalue weighted by atomic mass is 35.5. The van der Waals surface area contributed by atoms with Crippen LogP contribution < -0.4 is 0 Å². The standard InChI is InChI=1S/C9H12ClNOS/c10-6-9(2-1-3-12-9)4-8-5-13-7-11-8/h5,7H,1-4,6H2. The number of aromatic nitrogens is 1. The summed E-state index contributed by atoms with van der Waals surface area (Å²) < 4.78 is 5.70. The number of hydrogen-bond acceptors (Lipinski definition) is 3. The van der Waals surface area contributed by atoms with Gasteiger partial charge in [-0.3, -0.25) is 0 Å². The molecule has 0 N–H and O–H groups in total. The minimum atomic E-state index is -0.129. The molecule has 0 bridgehead atoms. The lowest BCUT2D eigenvalue weighted by atomic mass is 9.97. The molecule has 0 aromatic carbocycles. The summed E-state index contributed by atoms with van der Waals surface area (Å²) in [6.07, 6.45) is 3.05. The zero-order valence-electron chi connectivity index (χ0n) is 7.33. The Hall–Kier alpha value is -0.120. The highest BCUT2D eigenvalue weighted by Crippen LogP contribution is 2.30. The van der Waals surface area contributed by atoms with Crippen molar-refractivity contribution in [3.63, 3.8) is 0 Å². The summed E-state index contributed by atoms with van der Waals surface area (Å²) in [4.78, 5) is 4.25. The first-order valence-electron chi connectivity index (χ1n) is 4.42. The number of rotatable bonds is 3. The van der Waals surface area contributed by atoms with E-state index in [0.717, 1.165) is 31.6 Å². The van der Waals surface area contributed by atoms with Crippen LogP contribution in [-0.4, -0.2) is 23.1 Å². The van der Waals surface area contributed by atoms with Gasteiger partial charge in [0.05, 0.1) is 22.7 Å². The summed E-state index contributed by atoms with van der Waals surface area (Å²) in [5.74, 6) is 0.574. The van der Waals surface area contributed by atoms with E-state index in [0.29, 0.717) is 5.88 Å². The third kappa shape index (κ3) is 2.03. The van der Waals surface area contributed by atoms with Crippen molar-refractivity contribution in [2.75, 3.05) is 12.5 Å². The molecule has 1 aromatic heterocycles. The second-order valence-corrected chi connectivity index (χ2v) is 4.41. The molecule has 0 radical (unpaired) electrons. The van der Waals surface area contributed by atoms with E-state index < -0.39 is 0 Å². The summed E-state index contributed by atoms with van der Waals surface area (Å²) >= 11 is 7.55. The van der Waals surface area contributed by atoms with E-state index in [1.54, 1.807) is 11.3 Å². The van der Waals surface area contributed by atoms with Crippen molar-refractivity contribution in [2.45, 2.75) is 24.9 Å². The van der Waals surface area contributed by atoms with Crippen LogP contribution in [-0.2, 0) is 11.2 Å². The lowest BCUT2D eigenvalue weighted by Gasteiger charge is -2.24. The molecule has 2 nitrogen and oxygen atoms in total. The minimum Gasteiger partial charge on any atom is -0.373 e. The van der Waals surface area contributed by atoms with Crippen molar-refractivity contribution in [1.29, 1.82) is 0 Å². The number of ether oxygens (including phenoxy) is 1. The Labute approximate surface area is 86.9 Å². The van der Waals surface area contributed by atoms with E-state index in [-0.39, 0.29) is 5.60 Å². The van der Waals surface area contributed by atoms with Crippen LogP contribution in [0.15, 0.2) is 10.9 Å². The quantitative estimate of drug-likeness (QED) is 0.726. The molecule has 2 heterocycles. The molecular weight excluding hydrogens is 206 g/mol. The fraction of sp³-hybridized carbons (Fsp3) is 0.667. The van der Waals surface area contributed by atoms with E-state index in [4.69, 9.17) is 16.3 Å².